The monoisotopic (exact) mass is 324 g/mol. The Labute approximate surface area is 132 Å². The molecule has 0 aromatic heterocycles. The molecule has 22 heavy (non-hydrogen) atoms. The second-order valence-electron chi connectivity index (χ2n) is 6.09. The van der Waals surface area contributed by atoms with Gasteiger partial charge in [-0.25, -0.2) is 8.42 Å². The van der Waals surface area contributed by atoms with Crippen LogP contribution >= 0.6 is 0 Å². The van der Waals surface area contributed by atoms with Gasteiger partial charge < -0.3 is 5.32 Å². The van der Waals surface area contributed by atoms with Crippen molar-refractivity contribution < 1.29 is 13.2 Å². The number of rotatable bonds is 5. The number of amides is 1. The van der Waals surface area contributed by atoms with Crippen LogP contribution in [0.1, 0.15) is 33.1 Å². The van der Waals surface area contributed by atoms with Gasteiger partial charge in [0.1, 0.15) is 0 Å². The Morgan fingerprint density at radius 2 is 1.82 bits per heavy atom. The Kier molecular flexibility index (Phi) is 5.58. The van der Waals surface area contributed by atoms with Crippen LogP contribution in [0.4, 0.5) is 0 Å². The number of sulfonamides is 1. The van der Waals surface area contributed by atoms with Crippen LogP contribution in [0.3, 0.4) is 0 Å². The van der Waals surface area contributed by atoms with Crippen LogP contribution < -0.4 is 5.32 Å². The number of hydrogen-bond donors (Lipinski definition) is 1. The molecule has 0 bridgehead atoms. The first-order valence-electron chi connectivity index (χ1n) is 7.74. The summed E-state index contributed by atoms with van der Waals surface area (Å²) in [6, 6.07) is 8.66. The van der Waals surface area contributed by atoms with Gasteiger partial charge in [-0.2, -0.15) is 4.31 Å². The summed E-state index contributed by atoms with van der Waals surface area (Å²) < 4.78 is 26.5. The summed E-state index contributed by atoms with van der Waals surface area (Å²) in [5.74, 6) is 0.320. The minimum absolute atomic E-state index is 0.0550. The van der Waals surface area contributed by atoms with Crippen LogP contribution in [0, 0.1) is 5.92 Å². The molecule has 0 radical (unpaired) electrons. The fraction of sp³-hybridized carbons (Fsp3) is 0.562. The minimum Gasteiger partial charge on any atom is -0.354 e. The van der Waals surface area contributed by atoms with E-state index in [0.29, 0.717) is 24.4 Å². The van der Waals surface area contributed by atoms with Gasteiger partial charge in [0.15, 0.2) is 0 Å². The van der Waals surface area contributed by atoms with E-state index in [1.807, 2.05) is 13.8 Å². The molecule has 0 atom stereocenters. The standard InChI is InChI=1S/C16H24N2O3S/c1-13(2)17-16(19)12-14-8-10-18(11-9-14)22(20,21)15-6-4-3-5-7-15/h3-7,13-14H,8-12H2,1-2H3,(H,17,19). The van der Waals surface area contributed by atoms with Crippen molar-refractivity contribution in [3.8, 4) is 0 Å². The molecule has 1 aromatic rings. The van der Waals surface area contributed by atoms with E-state index in [9.17, 15) is 13.2 Å². The molecule has 0 saturated carbocycles. The maximum atomic E-state index is 12.5. The molecule has 0 spiro atoms. The van der Waals surface area contributed by atoms with Crippen molar-refractivity contribution in [2.45, 2.75) is 44.0 Å². The molecule has 2 rings (SSSR count). The summed E-state index contributed by atoms with van der Waals surface area (Å²) in [7, 11) is -3.40. The number of benzene rings is 1. The first kappa shape index (κ1) is 17.0. The zero-order chi connectivity index (χ0) is 16.2. The van der Waals surface area contributed by atoms with E-state index in [0.717, 1.165) is 12.8 Å². The molecular formula is C16H24N2O3S. The smallest absolute Gasteiger partial charge is 0.243 e. The summed E-state index contributed by atoms with van der Waals surface area (Å²) in [6.07, 6.45) is 1.95. The Bertz CT molecular complexity index is 591. The lowest BCUT2D eigenvalue weighted by atomic mass is 9.94. The average Bonchev–Trinajstić information content (AvgIpc) is 2.48. The molecule has 1 amide bonds. The topological polar surface area (TPSA) is 66.5 Å². The van der Waals surface area contributed by atoms with Crippen molar-refractivity contribution in [1.82, 2.24) is 9.62 Å². The maximum Gasteiger partial charge on any atom is 0.243 e. The van der Waals surface area contributed by atoms with Crippen molar-refractivity contribution in [3.63, 3.8) is 0 Å². The molecule has 1 N–H and O–H groups in total. The van der Waals surface area contributed by atoms with Gasteiger partial charge in [0.05, 0.1) is 4.90 Å². The molecule has 1 aromatic carbocycles. The van der Waals surface area contributed by atoms with Crippen molar-refractivity contribution in [1.29, 1.82) is 0 Å². The summed E-state index contributed by atoms with van der Waals surface area (Å²) >= 11 is 0. The number of nitrogens with zero attached hydrogens (tertiary/aromatic N) is 1. The highest BCUT2D eigenvalue weighted by molar-refractivity contribution is 7.89. The Hall–Kier alpha value is -1.40. The van der Waals surface area contributed by atoms with Crippen molar-refractivity contribution in [2.24, 2.45) is 5.92 Å². The van der Waals surface area contributed by atoms with Gasteiger partial charge in [-0.1, -0.05) is 18.2 Å². The second-order valence-corrected chi connectivity index (χ2v) is 8.02. The summed E-state index contributed by atoms with van der Waals surface area (Å²) in [5, 5.41) is 2.89. The summed E-state index contributed by atoms with van der Waals surface area (Å²) in [4.78, 5) is 12.1. The van der Waals surface area contributed by atoms with Gasteiger partial charge in [0.25, 0.3) is 0 Å². The molecule has 0 unspecified atom stereocenters. The van der Waals surface area contributed by atoms with Crippen LogP contribution in [0.2, 0.25) is 0 Å². The highest BCUT2D eigenvalue weighted by Gasteiger charge is 2.29. The predicted molar refractivity (Wildman–Crippen MR) is 85.8 cm³/mol. The first-order valence-corrected chi connectivity index (χ1v) is 9.18. The van der Waals surface area contributed by atoms with Crippen LogP contribution in [0.5, 0.6) is 0 Å². The molecule has 1 fully saturated rings. The highest BCUT2D eigenvalue weighted by Crippen LogP contribution is 2.25. The van der Waals surface area contributed by atoms with Crippen molar-refractivity contribution in [3.05, 3.63) is 30.3 Å². The number of piperidine rings is 1. The van der Waals surface area contributed by atoms with E-state index >= 15 is 0 Å². The lowest BCUT2D eigenvalue weighted by molar-refractivity contribution is -0.122. The number of hydrogen-bond acceptors (Lipinski definition) is 3. The molecule has 1 saturated heterocycles. The molecule has 0 aliphatic carbocycles. The average molecular weight is 324 g/mol. The van der Waals surface area contributed by atoms with Gasteiger partial charge >= 0.3 is 0 Å². The largest absolute Gasteiger partial charge is 0.354 e. The molecule has 1 aliphatic rings. The Morgan fingerprint density at radius 3 is 2.36 bits per heavy atom. The Balaban J connectivity index is 1.91. The molecule has 1 heterocycles. The van der Waals surface area contributed by atoms with Crippen LogP contribution in [-0.2, 0) is 14.8 Å². The molecule has 6 heteroatoms. The Morgan fingerprint density at radius 1 is 1.23 bits per heavy atom. The lowest BCUT2D eigenvalue weighted by Gasteiger charge is -2.31. The van der Waals surface area contributed by atoms with Crippen LogP contribution in [0.25, 0.3) is 0 Å². The van der Waals surface area contributed by atoms with Crippen molar-refractivity contribution >= 4 is 15.9 Å². The fourth-order valence-electron chi connectivity index (χ4n) is 2.74. The third-order valence-corrected chi connectivity index (χ3v) is 5.79. The number of carbonyl (C=O) groups excluding carboxylic acids is 1. The first-order chi connectivity index (χ1) is 10.4. The maximum absolute atomic E-state index is 12.5. The van der Waals surface area contributed by atoms with Crippen LogP contribution in [0.15, 0.2) is 35.2 Å². The van der Waals surface area contributed by atoms with E-state index in [1.54, 1.807) is 30.3 Å². The van der Waals surface area contributed by atoms with Crippen molar-refractivity contribution in [2.75, 3.05) is 13.1 Å². The van der Waals surface area contributed by atoms with E-state index in [-0.39, 0.29) is 17.9 Å². The third kappa shape index (κ3) is 4.30. The van der Waals surface area contributed by atoms with Gasteiger partial charge in [0.2, 0.25) is 15.9 Å². The normalized spacial score (nSPS) is 17.6. The molecule has 122 valence electrons. The van der Waals surface area contributed by atoms with Crippen LogP contribution in [-0.4, -0.2) is 37.8 Å². The highest BCUT2D eigenvalue weighted by atomic mass is 32.2. The molecule has 5 nitrogen and oxygen atoms in total. The van der Waals surface area contributed by atoms with Gasteiger partial charge in [-0.05, 0) is 44.7 Å². The summed E-state index contributed by atoms with van der Waals surface area (Å²) in [6.45, 7) is 4.84. The van der Waals surface area contributed by atoms with Gasteiger partial charge in [-0.15, -0.1) is 0 Å². The second kappa shape index (κ2) is 7.24. The van der Waals surface area contributed by atoms with E-state index in [4.69, 9.17) is 0 Å². The van der Waals surface area contributed by atoms with E-state index in [2.05, 4.69) is 5.32 Å². The molecular weight excluding hydrogens is 300 g/mol. The minimum atomic E-state index is -3.40. The quantitative estimate of drug-likeness (QED) is 0.901. The number of carbonyl (C=O) groups is 1. The summed E-state index contributed by atoms with van der Waals surface area (Å²) in [5.41, 5.74) is 0. The van der Waals surface area contributed by atoms with Gasteiger partial charge in [-0.3, -0.25) is 4.79 Å². The van der Waals surface area contributed by atoms with E-state index in [1.165, 1.54) is 4.31 Å². The lowest BCUT2D eigenvalue weighted by Crippen LogP contribution is -2.40. The fourth-order valence-corrected chi connectivity index (χ4v) is 4.23. The predicted octanol–water partition coefficient (Wildman–Crippen LogP) is 2.00. The zero-order valence-corrected chi connectivity index (χ0v) is 14.0. The van der Waals surface area contributed by atoms with E-state index < -0.39 is 10.0 Å². The zero-order valence-electron chi connectivity index (χ0n) is 13.2. The third-order valence-electron chi connectivity index (χ3n) is 3.88. The number of nitrogens with one attached hydrogen (secondary N) is 1. The molecule has 1 aliphatic heterocycles. The SMILES string of the molecule is CC(C)NC(=O)CC1CCN(S(=O)(=O)c2ccccc2)CC1. The van der Waals surface area contributed by atoms with Gasteiger partial charge in [0, 0.05) is 25.6 Å².